The summed E-state index contributed by atoms with van der Waals surface area (Å²) >= 11 is 1.67. The monoisotopic (exact) mass is 288 g/mol. The maximum absolute atomic E-state index is 9.82. The molecule has 0 saturated heterocycles. The molecule has 3 atom stereocenters. The minimum atomic E-state index is -0.525. The fourth-order valence-electron chi connectivity index (χ4n) is 1.59. The number of aliphatic hydroxyl groups is 1. The minimum absolute atomic E-state index is 0.00122. The molecule has 0 amide bonds. The van der Waals surface area contributed by atoms with E-state index in [4.69, 9.17) is 9.47 Å². The number of methoxy groups -OCH3 is 1. The topological polar surface area (TPSA) is 63.6 Å². The number of aromatic nitrogens is 1. The number of nitrogens with zero attached hydrogens (tertiary/aromatic N) is 1. The SMILES string of the molecule is COCC(C)OCC(O)CNC(C)c1ncc(C)s1. The number of hydrogen-bond donors (Lipinski definition) is 2. The fraction of sp³-hybridized carbons (Fsp3) is 0.769. The van der Waals surface area contributed by atoms with Gasteiger partial charge < -0.3 is 19.9 Å². The van der Waals surface area contributed by atoms with Gasteiger partial charge in [-0.1, -0.05) is 0 Å². The van der Waals surface area contributed by atoms with E-state index in [-0.39, 0.29) is 12.1 Å². The third-order valence-electron chi connectivity index (χ3n) is 2.64. The largest absolute Gasteiger partial charge is 0.389 e. The molecule has 3 unspecified atom stereocenters. The molecule has 0 radical (unpaired) electrons. The molecule has 1 heterocycles. The van der Waals surface area contributed by atoms with E-state index in [1.165, 1.54) is 4.88 Å². The van der Waals surface area contributed by atoms with Gasteiger partial charge >= 0.3 is 0 Å². The second-order valence-electron chi connectivity index (χ2n) is 4.69. The zero-order valence-corrected chi connectivity index (χ0v) is 12.9. The van der Waals surface area contributed by atoms with Crippen molar-refractivity contribution in [2.24, 2.45) is 0 Å². The summed E-state index contributed by atoms with van der Waals surface area (Å²) in [7, 11) is 1.63. The Labute approximate surface area is 119 Å². The normalized spacial score (nSPS) is 16.3. The zero-order valence-electron chi connectivity index (χ0n) is 12.0. The lowest BCUT2D eigenvalue weighted by atomic mass is 10.3. The Morgan fingerprint density at radius 1 is 1.42 bits per heavy atom. The van der Waals surface area contributed by atoms with Crippen molar-refractivity contribution in [1.82, 2.24) is 10.3 Å². The Morgan fingerprint density at radius 3 is 2.74 bits per heavy atom. The number of aryl methyl sites for hydroxylation is 1. The molecule has 0 aliphatic heterocycles. The van der Waals surface area contributed by atoms with Crippen LogP contribution >= 0.6 is 11.3 Å². The van der Waals surface area contributed by atoms with Gasteiger partial charge in [-0.25, -0.2) is 4.98 Å². The number of ether oxygens (including phenoxy) is 2. The average molecular weight is 288 g/mol. The van der Waals surface area contributed by atoms with E-state index in [1.807, 2.05) is 27.0 Å². The number of nitrogens with one attached hydrogen (secondary N) is 1. The molecule has 5 nitrogen and oxygen atoms in total. The second-order valence-corrected chi connectivity index (χ2v) is 5.96. The van der Waals surface area contributed by atoms with Crippen LogP contribution < -0.4 is 5.32 Å². The van der Waals surface area contributed by atoms with Crippen molar-refractivity contribution in [1.29, 1.82) is 0 Å². The van der Waals surface area contributed by atoms with E-state index >= 15 is 0 Å². The van der Waals surface area contributed by atoms with E-state index in [0.29, 0.717) is 19.8 Å². The Kier molecular flexibility index (Phi) is 7.48. The highest BCUT2D eigenvalue weighted by Crippen LogP contribution is 2.18. The van der Waals surface area contributed by atoms with Crippen molar-refractivity contribution in [2.75, 3.05) is 26.9 Å². The molecular formula is C13H24N2O3S. The van der Waals surface area contributed by atoms with Gasteiger partial charge in [0, 0.05) is 24.7 Å². The van der Waals surface area contributed by atoms with Gasteiger partial charge in [0.25, 0.3) is 0 Å². The molecule has 0 aliphatic carbocycles. The van der Waals surface area contributed by atoms with Gasteiger partial charge in [-0.15, -0.1) is 11.3 Å². The molecule has 0 fully saturated rings. The minimum Gasteiger partial charge on any atom is -0.389 e. The van der Waals surface area contributed by atoms with Gasteiger partial charge in [-0.3, -0.25) is 0 Å². The summed E-state index contributed by atoms with van der Waals surface area (Å²) in [6, 6.07) is 0.143. The highest BCUT2D eigenvalue weighted by atomic mass is 32.1. The third kappa shape index (κ3) is 6.44. The quantitative estimate of drug-likeness (QED) is 0.721. The van der Waals surface area contributed by atoms with Crippen LogP contribution in [0.15, 0.2) is 6.20 Å². The summed E-state index contributed by atoms with van der Waals surface area (Å²) in [6.45, 7) is 7.33. The van der Waals surface area contributed by atoms with Crippen molar-refractivity contribution in [3.8, 4) is 0 Å². The van der Waals surface area contributed by atoms with E-state index in [2.05, 4.69) is 10.3 Å². The van der Waals surface area contributed by atoms with Crippen LogP contribution in [0.3, 0.4) is 0 Å². The Hall–Kier alpha value is -0.530. The first-order chi connectivity index (χ1) is 9.02. The summed E-state index contributed by atoms with van der Waals surface area (Å²) in [6.07, 6.45) is 1.34. The number of thiazole rings is 1. The van der Waals surface area contributed by atoms with Gasteiger partial charge in [-0.2, -0.15) is 0 Å². The van der Waals surface area contributed by atoms with Crippen LogP contribution in [-0.4, -0.2) is 49.2 Å². The predicted octanol–water partition coefficient (Wildman–Crippen LogP) is 1.51. The molecule has 6 heteroatoms. The summed E-state index contributed by atoms with van der Waals surface area (Å²) in [5.74, 6) is 0. The highest BCUT2D eigenvalue weighted by molar-refractivity contribution is 7.11. The molecule has 0 spiro atoms. The first-order valence-corrected chi connectivity index (χ1v) is 7.29. The molecule has 0 saturated carbocycles. The van der Waals surface area contributed by atoms with Gasteiger partial charge in [-0.05, 0) is 20.8 Å². The zero-order chi connectivity index (χ0) is 14.3. The number of rotatable bonds is 9. The van der Waals surface area contributed by atoms with Crippen molar-refractivity contribution >= 4 is 11.3 Å². The molecule has 2 N–H and O–H groups in total. The Morgan fingerprint density at radius 2 is 2.16 bits per heavy atom. The van der Waals surface area contributed by atoms with Crippen LogP contribution in [0.4, 0.5) is 0 Å². The summed E-state index contributed by atoms with van der Waals surface area (Å²) in [5, 5.41) is 14.1. The van der Waals surface area contributed by atoms with E-state index in [9.17, 15) is 5.11 Å². The first kappa shape index (κ1) is 16.5. The number of hydrogen-bond acceptors (Lipinski definition) is 6. The van der Waals surface area contributed by atoms with Gasteiger partial charge in [0.05, 0.1) is 31.5 Å². The molecule has 1 aromatic heterocycles. The van der Waals surface area contributed by atoms with Crippen molar-refractivity contribution in [3.63, 3.8) is 0 Å². The van der Waals surface area contributed by atoms with Crippen LogP contribution in [0, 0.1) is 6.92 Å². The van der Waals surface area contributed by atoms with E-state index in [1.54, 1.807) is 18.4 Å². The Bertz CT molecular complexity index is 359. The lowest BCUT2D eigenvalue weighted by Gasteiger charge is -2.18. The van der Waals surface area contributed by atoms with Gasteiger partial charge in [0.1, 0.15) is 5.01 Å². The second kappa shape index (κ2) is 8.60. The van der Waals surface area contributed by atoms with Crippen LogP contribution in [0.25, 0.3) is 0 Å². The lowest BCUT2D eigenvalue weighted by Crippen LogP contribution is -2.33. The van der Waals surface area contributed by atoms with Crippen molar-refractivity contribution in [2.45, 2.75) is 39.0 Å². The molecular weight excluding hydrogens is 264 g/mol. The molecule has 0 aliphatic rings. The summed E-state index contributed by atoms with van der Waals surface area (Å²) < 4.78 is 10.4. The Balaban J connectivity index is 2.20. The molecule has 0 bridgehead atoms. The molecule has 19 heavy (non-hydrogen) atoms. The predicted molar refractivity (Wildman–Crippen MR) is 76.6 cm³/mol. The van der Waals surface area contributed by atoms with Crippen LogP contribution in [0.1, 0.15) is 29.8 Å². The summed E-state index contributed by atoms with van der Waals surface area (Å²) in [5.41, 5.74) is 0. The number of aliphatic hydroxyl groups excluding tert-OH is 1. The maximum Gasteiger partial charge on any atom is 0.109 e. The van der Waals surface area contributed by atoms with Crippen LogP contribution in [-0.2, 0) is 9.47 Å². The summed E-state index contributed by atoms with van der Waals surface area (Å²) in [4.78, 5) is 5.51. The third-order valence-corrected chi connectivity index (χ3v) is 3.74. The fourth-order valence-corrected chi connectivity index (χ4v) is 2.39. The highest BCUT2D eigenvalue weighted by Gasteiger charge is 2.12. The standard InChI is InChI=1S/C13H24N2O3S/c1-9(7-17-4)18-8-12(16)6-14-11(3)13-15-5-10(2)19-13/h5,9,11-12,14,16H,6-8H2,1-4H3. The first-order valence-electron chi connectivity index (χ1n) is 6.47. The van der Waals surface area contributed by atoms with E-state index in [0.717, 1.165) is 5.01 Å². The van der Waals surface area contributed by atoms with Crippen molar-refractivity contribution < 1.29 is 14.6 Å². The maximum atomic E-state index is 9.82. The van der Waals surface area contributed by atoms with Crippen LogP contribution in [0.2, 0.25) is 0 Å². The molecule has 1 aromatic rings. The molecule has 1 rings (SSSR count). The smallest absolute Gasteiger partial charge is 0.109 e. The lowest BCUT2D eigenvalue weighted by molar-refractivity contribution is -0.0315. The molecule has 110 valence electrons. The van der Waals surface area contributed by atoms with Gasteiger partial charge in [0.15, 0.2) is 0 Å². The van der Waals surface area contributed by atoms with Crippen LogP contribution in [0.5, 0.6) is 0 Å². The van der Waals surface area contributed by atoms with Crippen molar-refractivity contribution in [3.05, 3.63) is 16.1 Å². The van der Waals surface area contributed by atoms with Gasteiger partial charge in [0.2, 0.25) is 0 Å². The molecule has 0 aromatic carbocycles. The average Bonchev–Trinajstić information content (AvgIpc) is 2.80. The van der Waals surface area contributed by atoms with E-state index < -0.39 is 6.10 Å².